The second kappa shape index (κ2) is 6.86. The Labute approximate surface area is 117 Å². The van der Waals surface area contributed by atoms with E-state index in [1.165, 1.54) is 24.6 Å². The van der Waals surface area contributed by atoms with Crippen molar-refractivity contribution < 1.29 is 0 Å². The minimum atomic E-state index is 0.278. The van der Waals surface area contributed by atoms with Gasteiger partial charge in [0.2, 0.25) is 0 Å². The van der Waals surface area contributed by atoms with Crippen molar-refractivity contribution in [2.75, 3.05) is 43.0 Å². The van der Waals surface area contributed by atoms with Gasteiger partial charge in [-0.2, -0.15) is 11.8 Å². The standard InChI is InChI=1S/C11H17N5S2/c12-11(17)9-7-15-10(8-14-9)13-1-2-16-3-5-18-6-4-16/h7-8H,1-6H2,(H2,12,17)(H,13,15). The number of nitrogens with two attached hydrogens (primary N) is 1. The van der Waals surface area contributed by atoms with Crippen LogP contribution in [0.3, 0.4) is 0 Å². The van der Waals surface area contributed by atoms with Crippen LogP contribution in [0.4, 0.5) is 5.82 Å². The van der Waals surface area contributed by atoms with Crippen molar-refractivity contribution in [3.05, 3.63) is 18.1 Å². The average molecular weight is 283 g/mol. The van der Waals surface area contributed by atoms with E-state index in [9.17, 15) is 0 Å². The summed E-state index contributed by atoms with van der Waals surface area (Å²) in [5, 5.41) is 3.25. The Hall–Kier alpha value is -0.920. The number of thiocarbonyl (C=S) groups is 1. The van der Waals surface area contributed by atoms with Crippen LogP contribution in [-0.2, 0) is 0 Å². The van der Waals surface area contributed by atoms with Crippen LogP contribution in [0.15, 0.2) is 12.4 Å². The lowest BCUT2D eigenvalue weighted by Crippen LogP contribution is -2.36. The number of thioether (sulfide) groups is 1. The Kier molecular flexibility index (Phi) is 5.15. The molecule has 0 bridgehead atoms. The first-order chi connectivity index (χ1) is 8.75. The van der Waals surface area contributed by atoms with Crippen LogP contribution >= 0.6 is 24.0 Å². The van der Waals surface area contributed by atoms with Gasteiger partial charge >= 0.3 is 0 Å². The monoisotopic (exact) mass is 283 g/mol. The van der Waals surface area contributed by atoms with Crippen LogP contribution in [-0.4, -0.2) is 57.5 Å². The summed E-state index contributed by atoms with van der Waals surface area (Å²) in [6.45, 7) is 4.28. The van der Waals surface area contributed by atoms with Crippen LogP contribution in [0.25, 0.3) is 0 Å². The molecule has 18 heavy (non-hydrogen) atoms. The van der Waals surface area contributed by atoms with E-state index in [1.807, 2.05) is 11.8 Å². The molecule has 0 radical (unpaired) electrons. The summed E-state index contributed by atoms with van der Waals surface area (Å²) in [4.78, 5) is 11.1. The Morgan fingerprint density at radius 2 is 2.17 bits per heavy atom. The SMILES string of the molecule is NC(=S)c1cnc(NCCN2CCSCC2)cn1. The predicted molar refractivity (Wildman–Crippen MR) is 80.2 cm³/mol. The van der Waals surface area contributed by atoms with E-state index in [-0.39, 0.29) is 4.99 Å². The van der Waals surface area contributed by atoms with Gasteiger partial charge in [0.15, 0.2) is 0 Å². The lowest BCUT2D eigenvalue weighted by Gasteiger charge is -2.26. The Morgan fingerprint density at radius 1 is 1.39 bits per heavy atom. The number of nitrogens with one attached hydrogen (secondary N) is 1. The largest absolute Gasteiger partial charge is 0.388 e. The predicted octanol–water partition coefficient (Wildman–Crippen LogP) is 0.571. The van der Waals surface area contributed by atoms with Gasteiger partial charge in [-0.15, -0.1) is 0 Å². The van der Waals surface area contributed by atoms with Crippen LogP contribution < -0.4 is 11.1 Å². The molecule has 0 amide bonds. The van der Waals surface area contributed by atoms with Gasteiger partial charge in [0.1, 0.15) is 16.5 Å². The van der Waals surface area contributed by atoms with Crippen molar-refractivity contribution in [1.82, 2.24) is 14.9 Å². The van der Waals surface area contributed by atoms with Crippen molar-refractivity contribution in [3.8, 4) is 0 Å². The highest BCUT2D eigenvalue weighted by Crippen LogP contribution is 2.08. The van der Waals surface area contributed by atoms with Gasteiger partial charge in [-0.05, 0) is 0 Å². The minimum Gasteiger partial charge on any atom is -0.388 e. The molecule has 98 valence electrons. The molecule has 1 saturated heterocycles. The molecule has 0 spiro atoms. The van der Waals surface area contributed by atoms with Gasteiger partial charge in [0.25, 0.3) is 0 Å². The smallest absolute Gasteiger partial charge is 0.144 e. The Bertz CT molecular complexity index is 389. The maximum atomic E-state index is 5.46. The maximum Gasteiger partial charge on any atom is 0.144 e. The third-order valence-corrected chi connectivity index (χ3v) is 3.89. The van der Waals surface area contributed by atoms with Crippen molar-refractivity contribution in [2.24, 2.45) is 5.73 Å². The van der Waals surface area contributed by atoms with Crippen LogP contribution in [0, 0.1) is 0 Å². The van der Waals surface area contributed by atoms with Gasteiger partial charge in [-0.3, -0.25) is 4.90 Å². The third kappa shape index (κ3) is 4.08. The molecule has 1 aliphatic rings. The van der Waals surface area contributed by atoms with E-state index in [4.69, 9.17) is 18.0 Å². The van der Waals surface area contributed by atoms with E-state index in [2.05, 4.69) is 20.2 Å². The number of anilines is 1. The van der Waals surface area contributed by atoms with Crippen molar-refractivity contribution in [2.45, 2.75) is 0 Å². The first-order valence-corrected chi connectivity index (χ1v) is 7.48. The number of rotatable bonds is 5. The van der Waals surface area contributed by atoms with Crippen molar-refractivity contribution >= 4 is 34.8 Å². The van der Waals surface area contributed by atoms with Crippen LogP contribution in [0.2, 0.25) is 0 Å². The van der Waals surface area contributed by atoms with E-state index in [0.717, 1.165) is 18.9 Å². The molecule has 3 N–H and O–H groups in total. The molecule has 0 saturated carbocycles. The molecule has 1 aromatic rings. The summed E-state index contributed by atoms with van der Waals surface area (Å²) >= 11 is 6.85. The first-order valence-electron chi connectivity index (χ1n) is 5.91. The molecule has 2 heterocycles. The topological polar surface area (TPSA) is 67.1 Å². The average Bonchev–Trinajstić information content (AvgIpc) is 2.40. The number of aromatic nitrogens is 2. The molecule has 1 fully saturated rings. The molecular weight excluding hydrogens is 266 g/mol. The second-order valence-corrected chi connectivity index (χ2v) is 5.70. The summed E-state index contributed by atoms with van der Waals surface area (Å²) in [6, 6.07) is 0. The molecular formula is C11H17N5S2. The summed E-state index contributed by atoms with van der Waals surface area (Å²) in [5.74, 6) is 3.24. The molecule has 0 unspecified atom stereocenters. The summed E-state index contributed by atoms with van der Waals surface area (Å²) in [5.41, 5.74) is 6.02. The highest BCUT2D eigenvalue weighted by molar-refractivity contribution is 7.99. The summed E-state index contributed by atoms with van der Waals surface area (Å²) in [6.07, 6.45) is 3.27. The number of nitrogens with zero attached hydrogens (tertiary/aromatic N) is 3. The fraction of sp³-hybridized carbons (Fsp3) is 0.545. The third-order valence-electron chi connectivity index (χ3n) is 2.74. The van der Waals surface area contributed by atoms with Crippen molar-refractivity contribution in [1.29, 1.82) is 0 Å². The van der Waals surface area contributed by atoms with Gasteiger partial charge < -0.3 is 11.1 Å². The zero-order valence-electron chi connectivity index (χ0n) is 10.1. The second-order valence-electron chi connectivity index (χ2n) is 4.03. The molecule has 1 aliphatic heterocycles. The quantitative estimate of drug-likeness (QED) is 0.766. The normalized spacial score (nSPS) is 16.4. The van der Waals surface area contributed by atoms with Crippen LogP contribution in [0.5, 0.6) is 0 Å². The minimum absolute atomic E-state index is 0.278. The van der Waals surface area contributed by atoms with Crippen molar-refractivity contribution in [3.63, 3.8) is 0 Å². The lowest BCUT2D eigenvalue weighted by molar-refractivity contribution is 0.314. The van der Waals surface area contributed by atoms with Gasteiger partial charge in [0.05, 0.1) is 12.4 Å². The van der Waals surface area contributed by atoms with E-state index >= 15 is 0 Å². The molecule has 0 atom stereocenters. The Balaban J connectivity index is 1.74. The fourth-order valence-corrected chi connectivity index (χ4v) is 2.80. The lowest BCUT2D eigenvalue weighted by atomic mass is 10.4. The summed E-state index contributed by atoms with van der Waals surface area (Å²) in [7, 11) is 0. The summed E-state index contributed by atoms with van der Waals surface area (Å²) < 4.78 is 0. The molecule has 2 rings (SSSR count). The highest BCUT2D eigenvalue weighted by Gasteiger charge is 2.09. The fourth-order valence-electron chi connectivity index (χ4n) is 1.71. The van der Waals surface area contributed by atoms with Crippen LogP contribution in [0.1, 0.15) is 5.69 Å². The number of hydrogen-bond donors (Lipinski definition) is 2. The van der Waals surface area contributed by atoms with E-state index < -0.39 is 0 Å². The molecule has 7 heteroatoms. The zero-order chi connectivity index (χ0) is 12.8. The van der Waals surface area contributed by atoms with Gasteiger partial charge in [-0.1, -0.05) is 12.2 Å². The van der Waals surface area contributed by atoms with Gasteiger partial charge in [-0.25, -0.2) is 9.97 Å². The van der Waals surface area contributed by atoms with E-state index in [1.54, 1.807) is 12.4 Å². The molecule has 5 nitrogen and oxygen atoms in total. The molecule has 0 aliphatic carbocycles. The van der Waals surface area contributed by atoms with E-state index in [0.29, 0.717) is 5.69 Å². The Morgan fingerprint density at radius 3 is 2.78 bits per heavy atom. The highest BCUT2D eigenvalue weighted by atomic mass is 32.2. The molecule has 0 aromatic carbocycles. The maximum absolute atomic E-state index is 5.46. The zero-order valence-corrected chi connectivity index (χ0v) is 11.8. The molecule has 1 aromatic heterocycles. The first kappa shape index (κ1) is 13.5. The van der Waals surface area contributed by atoms with Gasteiger partial charge in [0, 0.05) is 37.7 Å². The number of hydrogen-bond acceptors (Lipinski definition) is 6.